The summed E-state index contributed by atoms with van der Waals surface area (Å²) in [5, 5.41) is 0. The third-order valence-corrected chi connectivity index (χ3v) is 2.23. The van der Waals surface area contributed by atoms with Crippen molar-refractivity contribution >= 4 is 0 Å². The third kappa shape index (κ3) is 6.26. The van der Waals surface area contributed by atoms with E-state index >= 15 is 0 Å². The van der Waals surface area contributed by atoms with E-state index in [1.54, 1.807) is 7.11 Å². The van der Waals surface area contributed by atoms with Crippen LogP contribution >= 0.6 is 0 Å². The molecule has 0 aliphatic carbocycles. The molecular formula is C13H20O2. The number of methoxy groups -OCH3 is 1. The summed E-state index contributed by atoms with van der Waals surface area (Å²) in [4.78, 5) is 0. The predicted molar refractivity (Wildman–Crippen MR) is 61.8 cm³/mol. The van der Waals surface area contributed by atoms with E-state index in [1.807, 2.05) is 30.3 Å². The van der Waals surface area contributed by atoms with Crippen LogP contribution < -0.4 is 0 Å². The van der Waals surface area contributed by atoms with Gasteiger partial charge in [0.05, 0.1) is 6.61 Å². The van der Waals surface area contributed by atoms with E-state index in [9.17, 15) is 0 Å². The fourth-order valence-electron chi connectivity index (χ4n) is 1.43. The highest BCUT2D eigenvalue weighted by Gasteiger charge is 1.95. The molecule has 2 heteroatoms. The maximum absolute atomic E-state index is 5.07. The second-order valence-corrected chi connectivity index (χ2v) is 3.59. The van der Waals surface area contributed by atoms with Crippen LogP contribution in [0.25, 0.3) is 0 Å². The minimum atomic E-state index is 0.709. The van der Waals surface area contributed by atoms with Crippen molar-refractivity contribution < 1.29 is 9.47 Å². The maximum Gasteiger partial charge on any atom is 0.0713 e. The molecule has 1 saturated heterocycles. The second kappa shape index (κ2) is 8.45. The zero-order valence-corrected chi connectivity index (χ0v) is 9.45. The van der Waals surface area contributed by atoms with Gasteiger partial charge in [-0.3, -0.25) is 0 Å². The largest absolute Gasteiger partial charge is 0.381 e. The summed E-state index contributed by atoms with van der Waals surface area (Å²) in [6, 6.07) is 10.1. The molecule has 15 heavy (non-hydrogen) atoms. The average Bonchev–Trinajstić information content (AvgIpc) is 2.34. The molecule has 2 rings (SSSR count). The highest BCUT2D eigenvalue weighted by Crippen LogP contribution is 2.02. The van der Waals surface area contributed by atoms with Gasteiger partial charge in [-0.25, -0.2) is 0 Å². The van der Waals surface area contributed by atoms with E-state index in [4.69, 9.17) is 9.47 Å². The predicted octanol–water partition coefficient (Wildman–Crippen LogP) is 3.02. The van der Waals surface area contributed by atoms with Gasteiger partial charge in [-0.2, -0.15) is 0 Å². The first-order chi connectivity index (χ1) is 7.43. The Morgan fingerprint density at radius 2 is 1.73 bits per heavy atom. The Morgan fingerprint density at radius 3 is 2.13 bits per heavy atom. The molecule has 1 heterocycles. The van der Waals surface area contributed by atoms with Crippen LogP contribution in [0.15, 0.2) is 30.3 Å². The normalized spacial score (nSPS) is 15.3. The zero-order chi connectivity index (χ0) is 10.8. The molecule has 0 radical (unpaired) electrons. The fraction of sp³-hybridized carbons (Fsp3) is 0.538. The smallest absolute Gasteiger partial charge is 0.0713 e. The van der Waals surface area contributed by atoms with Crippen molar-refractivity contribution in [1.29, 1.82) is 0 Å². The second-order valence-electron chi connectivity index (χ2n) is 3.59. The minimum absolute atomic E-state index is 0.709. The summed E-state index contributed by atoms with van der Waals surface area (Å²) in [6.07, 6.45) is 3.93. The van der Waals surface area contributed by atoms with E-state index in [0.29, 0.717) is 6.61 Å². The van der Waals surface area contributed by atoms with Gasteiger partial charge in [0.25, 0.3) is 0 Å². The van der Waals surface area contributed by atoms with Gasteiger partial charge in [0.2, 0.25) is 0 Å². The van der Waals surface area contributed by atoms with Gasteiger partial charge in [-0.05, 0) is 24.8 Å². The molecule has 0 N–H and O–H groups in total. The lowest BCUT2D eigenvalue weighted by molar-refractivity contribution is 0.0968. The van der Waals surface area contributed by atoms with Crippen LogP contribution in [0.1, 0.15) is 24.8 Å². The highest BCUT2D eigenvalue weighted by atomic mass is 16.5. The van der Waals surface area contributed by atoms with Gasteiger partial charge < -0.3 is 9.47 Å². The third-order valence-electron chi connectivity index (χ3n) is 2.23. The number of hydrogen-bond donors (Lipinski definition) is 0. The highest BCUT2D eigenvalue weighted by molar-refractivity contribution is 5.13. The van der Waals surface area contributed by atoms with E-state index in [-0.39, 0.29) is 0 Å². The molecule has 0 bridgehead atoms. The summed E-state index contributed by atoms with van der Waals surface area (Å²) in [5.41, 5.74) is 1.22. The molecule has 0 saturated carbocycles. The van der Waals surface area contributed by atoms with Gasteiger partial charge in [0.1, 0.15) is 0 Å². The summed E-state index contributed by atoms with van der Waals surface area (Å²) >= 11 is 0. The molecule has 1 aliphatic rings. The Labute approximate surface area is 92.2 Å². The summed E-state index contributed by atoms with van der Waals surface area (Å²) in [6.45, 7) is 2.71. The van der Waals surface area contributed by atoms with Crippen molar-refractivity contribution in [2.45, 2.75) is 25.9 Å². The Morgan fingerprint density at radius 1 is 1.07 bits per heavy atom. The van der Waals surface area contributed by atoms with Crippen molar-refractivity contribution in [2.75, 3.05) is 20.3 Å². The topological polar surface area (TPSA) is 18.5 Å². The molecule has 0 unspecified atom stereocenters. The first kappa shape index (κ1) is 12.2. The molecule has 0 spiro atoms. The average molecular weight is 208 g/mol. The van der Waals surface area contributed by atoms with E-state index in [0.717, 1.165) is 13.2 Å². The SMILES string of the molecule is C1CCOCC1.COCc1ccccc1. The quantitative estimate of drug-likeness (QED) is 0.743. The lowest BCUT2D eigenvalue weighted by Crippen LogP contribution is -2.03. The Balaban J connectivity index is 0.000000162. The van der Waals surface area contributed by atoms with Crippen molar-refractivity contribution in [3.63, 3.8) is 0 Å². The molecule has 84 valence electrons. The van der Waals surface area contributed by atoms with Gasteiger partial charge >= 0.3 is 0 Å². The molecule has 1 aromatic rings. The monoisotopic (exact) mass is 208 g/mol. The van der Waals surface area contributed by atoms with Crippen LogP contribution in [-0.4, -0.2) is 20.3 Å². The van der Waals surface area contributed by atoms with E-state index in [1.165, 1.54) is 24.8 Å². The van der Waals surface area contributed by atoms with Gasteiger partial charge in [0.15, 0.2) is 0 Å². The summed E-state index contributed by atoms with van der Waals surface area (Å²) < 4.78 is 10.00. The fourth-order valence-corrected chi connectivity index (χ4v) is 1.43. The molecule has 1 aromatic carbocycles. The number of rotatable bonds is 2. The first-order valence-corrected chi connectivity index (χ1v) is 5.54. The van der Waals surface area contributed by atoms with Crippen LogP contribution in [0.3, 0.4) is 0 Å². The van der Waals surface area contributed by atoms with Crippen molar-refractivity contribution in [3.8, 4) is 0 Å². The molecule has 0 amide bonds. The maximum atomic E-state index is 5.07. The Hall–Kier alpha value is -0.860. The number of ether oxygens (including phenoxy) is 2. The molecule has 1 aliphatic heterocycles. The molecule has 0 aromatic heterocycles. The molecular weight excluding hydrogens is 188 g/mol. The van der Waals surface area contributed by atoms with Gasteiger partial charge in [-0.15, -0.1) is 0 Å². The van der Waals surface area contributed by atoms with E-state index < -0.39 is 0 Å². The molecule has 0 atom stereocenters. The van der Waals surface area contributed by atoms with Crippen LogP contribution in [0.5, 0.6) is 0 Å². The first-order valence-electron chi connectivity index (χ1n) is 5.54. The zero-order valence-electron chi connectivity index (χ0n) is 9.45. The Kier molecular flexibility index (Phi) is 6.88. The van der Waals surface area contributed by atoms with Crippen LogP contribution in [0.4, 0.5) is 0 Å². The van der Waals surface area contributed by atoms with Crippen molar-refractivity contribution in [2.24, 2.45) is 0 Å². The lowest BCUT2D eigenvalue weighted by Gasteiger charge is -2.08. The lowest BCUT2D eigenvalue weighted by atomic mass is 10.2. The van der Waals surface area contributed by atoms with Crippen molar-refractivity contribution in [1.82, 2.24) is 0 Å². The number of benzene rings is 1. The summed E-state index contributed by atoms with van der Waals surface area (Å²) in [7, 11) is 1.70. The van der Waals surface area contributed by atoms with Gasteiger partial charge in [0, 0.05) is 20.3 Å². The van der Waals surface area contributed by atoms with Crippen LogP contribution in [0.2, 0.25) is 0 Å². The standard InChI is InChI=1S/C8H10O.C5H10O/c1-9-7-8-5-3-2-4-6-8;1-2-4-6-5-3-1/h2-6H,7H2,1H3;1-5H2. The van der Waals surface area contributed by atoms with Crippen LogP contribution in [-0.2, 0) is 16.1 Å². The number of hydrogen-bond acceptors (Lipinski definition) is 2. The molecule has 1 fully saturated rings. The molecule has 2 nitrogen and oxygen atoms in total. The Bertz CT molecular complexity index is 218. The summed E-state index contributed by atoms with van der Waals surface area (Å²) in [5.74, 6) is 0. The van der Waals surface area contributed by atoms with Crippen LogP contribution in [0, 0.1) is 0 Å². The van der Waals surface area contributed by atoms with Crippen molar-refractivity contribution in [3.05, 3.63) is 35.9 Å². The van der Waals surface area contributed by atoms with E-state index in [2.05, 4.69) is 0 Å². The minimum Gasteiger partial charge on any atom is -0.381 e. The van der Waals surface area contributed by atoms with Gasteiger partial charge in [-0.1, -0.05) is 30.3 Å².